The number of thiazole rings is 1. The average Bonchev–Trinajstić information content (AvgIpc) is 2.84. The van der Waals surface area contributed by atoms with Gasteiger partial charge in [0.2, 0.25) is 0 Å². The van der Waals surface area contributed by atoms with Crippen LogP contribution in [0.2, 0.25) is 5.02 Å². The molecule has 0 aliphatic carbocycles. The van der Waals surface area contributed by atoms with Crippen LogP contribution in [0.25, 0.3) is 10.2 Å². The van der Waals surface area contributed by atoms with Gasteiger partial charge in [0.15, 0.2) is 0 Å². The van der Waals surface area contributed by atoms with E-state index < -0.39 is 0 Å². The summed E-state index contributed by atoms with van der Waals surface area (Å²) in [7, 11) is 0. The highest BCUT2D eigenvalue weighted by molar-refractivity contribution is 7.18. The molecule has 1 aromatic heterocycles. The van der Waals surface area contributed by atoms with Crippen LogP contribution >= 0.6 is 22.9 Å². The van der Waals surface area contributed by atoms with Crippen LogP contribution in [0.4, 0.5) is 0 Å². The smallest absolute Gasteiger partial charge is 0.0982 e. The van der Waals surface area contributed by atoms with Crippen molar-refractivity contribution in [2.24, 2.45) is 0 Å². The summed E-state index contributed by atoms with van der Waals surface area (Å²) in [5.41, 5.74) is 1.04. The number of nitrogens with zero attached hydrogens (tertiary/aromatic N) is 1. The summed E-state index contributed by atoms with van der Waals surface area (Å²) in [5, 5.41) is 5.38. The third-order valence-corrected chi connectivity index (χ3v) is 4.21. The van der Waals surface area contributed by atoms with Crippen molar-refractivity contribution in [3.8, 4) is 0 Å². The van der Waals surface area contributed by atoms with Gasteiger partial charge >= 0.3 is 0 Å². The molecule has 78 valence electrons. The van der Waals surface area contributed by atoms with Crippen molar-refractivity contribution >= 4 is 33.2 Å². The fourth-order valence-electron chi connectivity index (χ4n) is 1.96. The molecule has 15 heavy (non-hydrogen) atoms. The van der Waals surface area contributed by atoms with Gasteiger partial charge in [-0.25, -0.2) is 4.98 Å². The normalized spacial score (nSPS) is 21.3. The molecule has 0 radical (unpaired) electrons. The number of rotatable bonds is 1. The zero-order valence-corrected chi connectivity index (χ0v) is 9.74. The van der Waals surface area contributed by atoms with Crippen molar-refractivity contribution < 1.29 is 0 Å². The van der Waals surface area contributed by atoms with E-state index in [9.17, 15) is 0 Å². The number of fused-ring (bicyclic) bond motifs is 1. The lowest BCUT2D eigenvalue weighted by Crippen LogP contribution is -2.07. The van der Waals surface area contributed by atoms with Crippen molar-refractivity contribution in [2.75, 3.05) is 13.1 Å². The van der Waals surface area contributed by atoms with E-state index in [1.165, 1.54) is 16.1 Å². The van der Waals surface area contributed by atoms with E-state index in [2.05, 4.69) is 16.4 Å². The van der Waals surface area contributed by atoms with Gasteiger partial charge in [0.05, 0.1) is 15.2 Å². The van der Waals surface area contributed by atoms with Gasteiger partial charge in [-0.05, 0) is 31.2 Å². The number of hydrogen-bond acceptors (Lipinski definition) is 3. The minimum absolute atomic E-state index is 0.598. The van der Waals surface area contributed by atoms with Crippen LogP contribution in [-0.4, -0.2) is 18.1 Å². The first-order valence-electron chi connectivity index (χ1n) is 5.09. The summed E-state index contributed by atoms with van der Waals surface area (Å²) in [5.74, 6) is 0.598. The van der Waals surface area contributed by atoms with Crippen molar-refractivity contribution in [1.29, 1.82) is 0 Å². The molecule has 2 nitrogen and oxygen atoms in total. The Hall–Kier alpha value is -0.640. The molecule has 0 saturated carbocycles. The van der Waals surface area contributed by atoms with Crippen LogP contribution in [0.1, 0.15) is 17.3 Å². The fraction of sp³-hybridized carbons (Fsp3) is 0.364. The molecule has 3 rings (SSSR count). The van der Waals surface area contributed by atoms with E-state index in [-0.39, 0.29) is 0 Å². The van der Waals surface area contributed by atoms with Crippen molar-refractivity contribution in [3.63, 3.8) is 0 Å². The van der Waals surface area contributed by atoms with Crippen LogP contribution in [-0.2, 0) is 0 Å². The molecule has 1 N–H and O–H groups in total. The molecule has 0 spiro atoms. The molecular weight excluding hydrogens is 228 g/mol. The standard InChI is InChI=1S/C11H11ClN2S/c12-8-1-2-10-9(5-8)14-11(15-10)7-3-4-13-6-7/h1-2,5,7,13H,3-4,6H2. The monoisotopic (exact) mass is 238 g/mol. The lowest BCUT2D eigenvalue weighted by atomic mass is 10.1. The van der Waals surface area contributed by atoms with Crippen LogP contribution < -0.4 is 5.32 Å². The predicted octanol–water partition coefficient (Wildman–Crippen LogP) is 3.03. The predicted molar refractivity (Wildman–Crippen MR) is 64.9 cm³/mol. The first kappa shape index (κ1) is 9.58. The van der Waals surface area contributed by atoms with Gasteiger partial charge in [0.25, 0.3) is 0 Å². The number of halogens is 1. The largest absolute Gasteiger partial charge is 0.316 e. The van der Waals surface area contributed by atoms with Gasteiger partial charge in [0.1, 0.15) is 0 Å². The quantitative estimate of drug-likeness (QED) is 0.826. The van der Waals surface area contributed by atoms with E-state index >= 15 is 0 Å². The molecular formula is C11H11ClN2S. The minimum Gasteiger partial charge on any atom is -0.316 e. The van der Waals surface area contributed by atoms with Crippen LogP contribution in [0.15, 0.2) is 18.2 Å². The van der Waals surface area contributed by atoms with E-state index in [0.717, 1.165) is 23.6 Å². The first-order chi connectivity index (χ1) is 7.33. The molecule has 1 aromatic carbocycles. The highest BCUT2D eigenvalue weighted by Crippen LogP contribution is 2.31. The van der Waals surface area contributed by atoms with E-state index in [4.69, 9.17) is 11.6 Å². The van der Waals surface area contributed by atoms with E-state index in [1.54, 1.807) is 11.3 Å². The highest BCUT2D eigenvalue weighted by atomic mass is 35.5. The summed E-state index contributed by atoms with van der Waals surface area (Å²) < 4.78 is 1.24. The Morgan fingerprint density at radius 1 is 1.47 bits per heavy atom. The zero-order chi connectivity index (χ0) is 10.3. The molecule has 0 amide bonds. The summed E-state index contributed by atoms with van der Waals surface area (Å²) in [6.07, 6.45) is 1.20. The molecule has 1 aliphatic heterocycles. The average molecular weight is 239 g/mol. The summed E-state index contributed by atoms with van der Waals surface area (Å²) >= 11 is 7.73. The second-order valence-corrected chi connectivity index (χ2v) is 5.35. The number of aromatic nitrogens is 1. The third-order valence-electron chi connectivity index (χ3n) is 2.78. The summed E-state index contributed by atoms with van der Waals surface area (Å²) in [4.78, 5) is 4.65. The maximum absolute atomic E-state index is 5.94. The van der Waals surface area contributed by atoms with Gasteiger partial charge in [-0.3, -0.25) is 0 Å². The maximum atomic E-state index is 5.94. The van der Waals surface area contributed by atoms with Gasteiger partial charge in [-0.1, -0.05) is 11.6 Å². The molecule has 1 atom stereocenters. The van der Waals surface area contributed by atoms with Crippen LogP contribution in [0.3, 0.4) is 0 Å². The second-order valence-electron chi connectivity index (χ2n) is 3.85. The van der Waals surface area contributed by atoms with Gasteiger partial charge < -0.3 is 5.32 Å². The Kier molecular flexibility index (Phi) is 2.39. The number of hydrogen-bond donors (Lipinski definition) is 1. The van der Waals surface area contributed by atoms with Crippen molar-refractivity contribution in [1.82, 2.24) is 10.3 Å². The summed E-state index contributed by atoms with van der Waals surface area (Å²) in [6.45, 7) is 2.18. The Balaban J connectivity index is 2.05. The molecule has 1 unspecified atom stereocenters. The zero-order valence-electron chi connectivity index (χ0n) is 8.16. The Labute approximate surface area is 97.3 Å². The maximum Gasteiger partial charge on any atom is 0.0982 e. The van der Waals surface area contributed by atoms with E-state index in [1.807, 2.05) is 12.1 Å². The first-order valence-corrected chi connectivity index (χ1v) is 6.29. The van der Waals surface area contributed by atoms with Crippen molar-refractivity contribution in [3.05, 3.63) is 28.2 Å². The topological polar surface area (TPSA) is 24.9 Å². The van der Waals surface area contributed by atoms with Gasteiger partial charge in [0, 0.05) is 17.5 Å². The van der Waals surface area contributed by atoms with Gasteiger partial charge in [-0.2, -0.15) is 0 Å². The van der Waals surface area contributed by atoms with Crippen LogP contribution in [0.5, 0.6) is 0 Å². The molecule has 1 fully saturated rings. The lowest BCUT2D eigenvalue weighted by Gasteiger charge is -2.00. The Morgan fingerprint density at radius 2 is 2.40 bits per heavy atom. The SMILES string of the molecule is Clc1ccc2sc(C3CCNC3)nc2c1. The fourth-order valence-corrected chi connectivity index (χ4v) is 3.21. The van der Waals surface area contributed by atoms with Gasteiger partial charge in [-0.15, -0.1) is 11.3 Å². The molecule has 1 saturated heterocycles. The number of benzene rings is 1. The second kappa shape index (κ2) is 3.74. The lowest BCUT2D eigenvalue weighted by molar-refractivity contribution is 0.758. The molecule has 0 bridgehead atoms. The van der Waals surface area contributed by atoms with Crippen molar-refractivity contribution in [2.45, 2.75) is 12.3 Å². The van der Waals surface area contributed by atoms with Crippen LogP contribution in [0, 0.1) is 0 Å². The minimum atomic E-state index is 0.598. The van der Waals surface area contributed by atoms with E-state index in [0.29, 0.717) is 5.92 Å². The summed E-state index contributed by atoms with van der Waals surface area (Å²) in [6, 6.07) is 5.93. The molecule has 2 aromatic rings. The molecule has 4 heteroatoms. The number of nitrogens with one attached hydrogen (secondary N) is 1. The Morgan fingerprint density at radius 3 is 3.20 bits per heavy atom. The Bertz CT molecular complexity index is 488. The molecule has 2 heterocycles. The third kappa shape index (κ3) is 1.75. The molecule has 1 aliphatic rings. The highest BCUT2D eigenvalue weighted by Gasteiger charge is 2.20.